The Bertz CT molecular complexity index is 497. The highest BCUT2D eigenvalue weighted by Gasteiger charge is 2.19. The summed E-state index contributed by atoms with van der Waals surface area (Å²) in [6.45, 7) is 4.68. The lowest BCUT2D eigenvalue weighted by molar-refractivity contribution is 0.344. The topological polar surface area (TPSA) is 60.2 Å². The van der Waals surface area contributed by atoms with Crippen molar-refractivity contribution in [2.24, 2.45) is 11.1 Å². The summed E-state index contributed by atoms with van der Waals surface area (Å²) in [5, 5.41) is 0. The summed E-state index contributed by atoms with van der Waals surface area (Å²) >= 11 is 3.28. The molecule has 1 aromatic carbocycles. The van der Waals surface area contributed by atoms with E-state index in [0.717, 1.165) is 10.9 Å². The standard InChI is InChI=1S/C13H20BrNO2S/c1-13(2,10-15)7-4-8-18(16,17)12-6-3-5-11(14)9-12/h3,5-6,9H,4,7-8,10,15H2,1-2H3. The van der Waals surface area contributed by atoms with Crippen LogP contribution >= 0.6 is 15.9 Å². The van der Waals surface area contributed by atoms with E-state index in [-0.39, 0.29) is 11.2 Å². The van der Waals surface area contributed by atoms with Crippen molar-refractivity contribution in [1.82, 2.24) is 0 Å². The SMILES string of the molecule is CC(C)(CN)CCCS(=O)(=O)c1cccc(Br)c1. The number of hydrogen-bond acceptors (Lipinski definition) is 3. The highest BCUT2D eigenvalue weighted by atomic mass is 79.9. The van der Waals surface area contributed by atoms with Gasteiger partial charge in [0.2, 0.25) is 0 Å². The second-order valence-electron chi connectivity index (χ2n) is 5.25. The molecule has 0 aliphatic rings. The molecule has 3 nitrogen and oxygen atoms in total. The number of nitrogens with two attached hydrogens (primary N) is 1. The Balaban J connectivity index is 2.67. The van der Waals surface area contributed by atoms with E-state index in [4.69, 9.17) is 5.73 Å². The quantitative estimate of drug-likeness (QED) is 0.870. The normalized spacial score (nSPS) is 12.7. The van der Waals surface area contributed by atoms with Crippen LogP contribution in [-0.2, 0) is 9.84 Å². The lowest BCUT2D eigenvalue weighted by atomic mass is 9.88. The number of hydrogen-bond donors (Lipinski definition) is 1. The molecule has 0 aliphatic heterocycles. The summed E-state index contributed by atoms with van der Waals surface area (Å²) in [6, 6.07) is 6.83. The smallest absolute Gasteiger partial charge is 0.178 e. The van der Waals surface area contributed by atoms with Gasteiger partial charge < -0.3 is 5.73 Å². The Morgan fingerprint density at radius 1 is 1.33 bits per heavy atom. The predicted molar refractivity (Wildman–Crippen MR) is 78.3 cm³/mol. The third-order valence-electron chi connectivity index (χ3n) is 2.97. The average Bonchev–Trinajstić information content (AvgIpc) is 2.28. The van der Waals surface area contributed by atoms with Gasteiger partial charge in [-0.05, 0) is 43.0 Å². The van der Waals surface area contributed by atoms with Crippen LogP contribution in [0.15, 0.2) is 33.6 Å². The summed E-state index contributed by atoms with van der Waals surface area (Å²) < 4.78 is 25.0. The number of halogens is 1. The van der Waals surface area contributed by atoms with Crippen LogP contribution in [0, 0.1) is 5.41 Å². The van der Waals surface area contributed by atoms with Crippen molar-refractivity contribution >= 4 is 25.8 Å². The zero-order valence-corrected chi connectivity index (χ0v) is 13.2. The molecule has 1 rings (SSSR count). The van der Waals surface area contributed by atoms with Gasteiger partial charge in [-0.3, -0.25) is 0 Å². The molecule has 0 aromatic heterocycles. The summed E-state index contributed by atoms with van der Waals surface area (Å²) in [4.78, 5) is 0.377. The molecule has 0 bridgehead atoms. The molecule has 0 saturated carbocycles. The molecule has 102 valence electrons. The second-order valence-corrected chi connectivity index (χ2v) is 8.27. The monoisotopic (exact) mass is 333 g/mol. The number of sulfone groups is 1. The molecule has 2 N–H and O–H groups in total. The van der Waals surface area contributed by atoms with E-state index >= 15 is 0 Å². The Kier molecular flexibility index (Phi) is 5.37. The van der Waals surface area contributed by atoms with Gasteiger partial charge in [-0.15, -0.1) is 0 Å². The Morgan fingerprint density at radius 2 is 2.00 bits per heavy atom. The fourth-order valence-electron chi connectivity index (χ4n) is 1.62. The van der Waals surface area contributed by atoms with Crippen LogP contribution in [0.25, 0.3) is 0 Å². The van der Waals surface area contributed by atoms with Gasteiger partial charge in [0.05, 0.1) is 10.6 Å². The maximum Gasteiger partial charge on any atom is 0.178 e. The largest absolute Gasteiger partial charge is 0.330 e. The number of benzene rings is 1. The minimum atomic E-state index is -3.18. The van der Waals surface area contributed by atoms with Crippen LogP contribution < -0.4 is 5.73 Å². The van der Waals surface area contributed by atoms with Crippen molar-refractivity contribution < 1.29 is 8.42 Å². The molecule has 0 aliphatic carbocycles. The summed E-state index contributed by atoms with van der Waals surface area (Å²) in [5.74, 6) is 0.173. The van der Waals surface area contributed by atoms with Gasteiger partial charge in [-0.25, -0.2) is 8.42 Å². The van der Waals surface area contributed by atoms with Crippen LogP contribution in [0.2, 0.25) is 0 Å². The van der Waals surface area contributed by atoms with Crippen molar-refractivity contribution in [2.75, 3.05) is 12.3 Å². The lowest BCUT2D eigenvalue weighted by Crippen LogP contribution is -2.24. The molecule has 5 heteroatoms. The highest BCUT2D eigenvalue weighted by molar-refractivity contribution is 9.10. The van der Waals surface area contributed by atoms with Crippen LogP contribution in [0.1, 0.15) is 26.7 Å². The molecule has 0 unspecified atom stereocenters. The first-order valence-electron chi connectivity index (χ1n) is 5.95. The molecule has 0 heterocycles. The summed E-state index contributed by atoms with van der Waals surface area (Å²) in [7, 11) is -3.18. The molecule has 18 heavy (non-hydrogen) atoms. The van der Waals surface area contributed by atoms with Crippen molar-refractivity contribution in [2.45, 2.75) is 31.6 Å². The minimum absolute atomic E-state index is 0.00674. The zero-order chi connectivity index (χ0) is 13.8. The molecular weight excluding hydrogens is 314 g/mol. The van der Waals surface area contributed by atoms with Crippen LogP contribution in [0.5, 0.6) is 0 Å². The van der Waals surface area contributed by atoms with E-state index in [0.29, 0.717) is 17.9 Å². The molecule has 1 aromatic rings. The molecule has 0 atom stereocenters. The molecule has 0 amide bonds. The van der Waals surface area contributed by atoms with E-state index in [1.54, 1.807) is 18.2 Å². The maximum absolute atomic E-state index is 12.1. The van der Waals surface area contributed by atoms with Crippen molar-refractivity contribution in [3.63, 3.8) is 0 Å². The fourth-order valence-corrected chi connectivity index (χ4v) is 3.52. The van der Waals surface area contributed by atoms with Gasteiger partial charge >= 0.3 is 0 Å². The van der Waals surface area contributed by atoms with Crippen molar-refractivity contribution in [3.05, 3.63) is 28.7 Å². The third-order valence-corrected chi connectivity index (χ3v) is 5.27. The number of rotatable bonds is 6. The van der Waals surface area contributed by atoms with Gasteiger partial charge in [0.25, 0.3) is 0 Å². The van der Waals surface area contributed by atoms with Crippen molar-refractivity contribution in [3.8, 4) is 0 Å². The molecule has 0 spiro atoms. The van der Waals surface area contributed by atoms with E-state index < -0.39 is 9.84 Å². The van der Waals surface area contributed by atoms with E-state index in [1.165, 1.54) is 0 Å². The van der Waals surface area contributed by atoms with Gasteiger partial charge in [0.1, 0.15) is 0 Å². The third kappa shape index (κ3) is 4.71. The van der Waals surface area contributed by atoms with Crippen LogP contribution in [0.3, 0.4) is 0 Å². The zero-order valence-electron chi connectivity index (χ0n) is 10.8. The van der Waals surface area contributed by atoms with E-state index in [2.05, 4.69) is 29.8 Å². The average molecular weight is 334 g/mol. The molecule has 0 radical (unpaired) electrons. The van der Waals surface area contributed by atoms with E-state index in [9.17, 15) is 8.42 Å². The fraction of sp³-hybridized carbons (Fsp3) is 0.538. The first kappa shape index (κ1) is 15.7. The second kappa shape index (κ2) is 6.17. The molecule has 0 fully saturated rings. The van der Waals surface area contributed by atoms with Crippen molar-refractivity contribution in [1.29, 1.82) is 0 Å². The predicted octanol–water partition coefficient (Wildman–Crippen LogP) is 2.99. The van der Waals surface area contributed by atoms with Gasteiger partial charge in [0, 0.05) is 4.47 Å². The summed E-state index contributed by atoms with van der Waals surface area (Å²) in [5.41, 5.74) is 5.64. The highest BCUT2D eigenvalue weighted by Crippen LogP contribution is 2.23. The van der Waals surface area contributed by atoms with Gasteiger partial charge in [-0.2, -0.15) is 0 Å². The Labute approximate surface area is 118 Å². The van der Waals surface area contributed by atoms with Crippen LogP contribution in [0.4, 0.5) is 0 Å². The molecular formula is C13H20BrNO2S. The lowest BCUT2D eigenvalue weighted by Gasteiger charge is -2.21. The minimum Gasteiger partial charge on any atom is -0.330 e. The first-order valence-corrected chi connectivity index (χ1v) is 8.40. The van der Waals surface area contributed by atoms with Gasteiger partial charge in [0.15, 0.2) is 9.84 Å². The van der Waals surface area contributed by atoms with Crippen LogP contribution in [-0.4, -0.2) is 20.7 Å². The Morgan fingerprint density at radius 3 is 2.56 bits per heavy atom. The first-order chi connectivity index (χ1) is 8.27. The summed E-state index contributed by atoms with van der Waals surface area (Å²) in [6.07, 6.45) is 1.45. The maximum atomic E-state index is 12.1. The van der Waals surface area contributed by atoms with E-state index in [1.807, 2.05) is 6.07 Å². The van der Waals surface area contributed by atoms with Gasteiger partial charge in [-0.1, -0.05) is 35.8 Å². The Hall–Kier alpha value is -0.390. The molecule has 0 saturated heterocycles.